The first-order valence-electron chi connectivity index (χ1n) is 7.71. The Morgan fingerprint density at radius 2 is 2.00 bits per heavy atom. The number of methoxy groups -OCH3 is 1. The van der Waals surface area contributed by atoms with E-state index in [2.05, 4.69) is 15.4 Å². The van der Waals surface area contributed by atoms with Gasteiger partial charge in [0.05, 0.1) is 24.4 Å². The Hall–Kier alpha value is -3.35. The zero-order chi connectivity index (χ0) is 17.8. The maximum Gasteiger partial charge on any atom is 0.255 e. The molecule has 0 saturated carbocycles. The van der Waals surface area contributed by atoms with Gasteiger partial charge in [-0.1, -0.05) is 12.1 Å². The number of aromatic hydroxyl groups is 1. The number of amides is 1. The molecule has 2 aromatic carbocycles. The van der Waals surface area contributed by atoms with Crippen LogP contribution in [0.25, 0.3) is 5.69 Å². The summed E-state index contributed by atoms with van der Waals surface area (Å²) in [6, 6.07) is 12.0. The van der Waals surface area contributed by atoms with Gasteiger partial charge in [0.2, 0.25) is 0 Å². The number of phenols is 1. The van der Waals surface area contributed by atoms with E-state index in [1.54, 1.807) is 17.1 Å². The fourth-order valence-corrected chi connectivity index (χ4v) is 2.45. The summed E-state index contributed by atoms with van der Waals surface area (Å²) in [7, 11) is 1.50. The molecule has 2 N–H and O–H groups in total. The van der Waals surface area contributed by atoms with Crippen LogP contribution in [0.3, 0.4) is 0 Å². The number of rotatable bonds is 5. The summed E-state index contributed by atoms with van der Waals surface area (Å²) >= 11 is 0. The second-order valence-electron chi connectivity index (χ2n) is 5.51. The van der Waals surface area contributed by atoms with Crippen LogP contribution >= 0.6 is 0 Å². The molecule has 0 bridgehead atoms. The molecule has 25 heavy (non-hydrogen) atoms. The molecule has 0 radical (unpaired) electrons. The molecule has 1 unspecified atom stereocenters. The largest absolute Gasteiger partial charge is 0.507 e. The molecule has 7 heteroatoms. The number of hydrogen-bond acceptors (Lipinski definition) is 5. The summed E-state index contributed by atoms with van der Waals surface area (Å²) < 4.78 is 6.67. The van der Waals surface area contributed by atoms with Crippen molar-refractivity contribution in [3.05, 3.63) is 66.2 Å². The maximum atomic E-state index is 12.4. The average molecular weight is 338 g/mol. The van der Waals surface area contributed by atoms with Gasteiger partial charge in [-0.3, -0.25) is 4.79 Å². The molecule has 1 heterocycles. The smallest absolute Gasteiger partial charge is 0.255 e. The monoisotopic (exact) mass is 338 g/mol. The molecular formula is C18H18N4O3. The molecule has 1 aromatic heterocycles. The normalized spacial score (nSPS) is 11.8. The number of nitrogens with zero attached hydrogens (tertiary/aromatic N) is 3. The van der Waals surface area contributed by atoms with Crippen LogP contribution in [0.15, 0.2) is 55.1 Å². The Bertz CT molecular complexity index is 861. The number of carbonyl (C=O) groups excluding carboxylic acids is 1. The van der Waals surface area contributed by atoms with Gasteiger partial charge < -0.3 is 15.2 Å². The summed E-state index contributed by atoms with van der Waals surface area (Å²) in [4.78, 5) is 16.3. The van der Waals surface area contributed by atoms with Crippen LogP contribution in [-0.2, 0) is 0 Å². The third-order valence-corrected chi connectivity index (χ3v) is 3.87. The SMILES string of the molecule is COc1ccc(C(=O)NC(C)c2ccc(-n3cncn3)cc2)c(O)c1. The Labute approximate surface area is 144 Å². The van der Waals surface area contributed by atoms with E-state index >= 15 is 0 Å². The van der Waals surface area contributed by atoms with Gasteiger partial charge in [-0.25, -0.2) is 9.67 Å². The highest BCUT2D eigenvalue weighted by atomic mass is 16.5. The summed E-state index contributed by atoms with van der Waals surface area (Å²) in [6.07, 6.45) is 3.09. The number of carbonyl (C=O) groups is 1. The molecule has 3 aromatic rings. The Morgan fingerprint density at radius 1 is 1.24 bits per heavy atom. The Morgan fingerprint density at radius 3 is 2.60 bits per heavy atom. The van der Waals surface area contributed by atoms with Crippen LogP contribution in [0.1, 0.15) is 28.9 Å². The molecule has 3 rings (SSSR count). The lowest BCUT2D eigenvalue weighted by Crippen LogP contribution is -2.26. The van der Waals surface area contributed by atoms with Crippen molar-refractivity contribution in [3.63, 3.8) is 0 Å². The first kappa shape index (κ1) is 16.5. The van der Waals surface area contributed by atoms with Gasteiger partial charge in [0, 0.05) is 6.07 Å². The molecule has 0 saturated heterocycles. The highest BCUT2D eigenvalue weighted by Crippen LogP contribution is 2.24. The number of nitrogens with one attached hydrogen (secondary N) is 1. The van der Waals surface area contributed by atoms with Gasteiger partial charge in [-0.2, -0.15) is 5.10 Å². The van der Waals surface area contributed by atoms with E-state index < -0.39 is 0 Å². The standard InChI is InChI=1S/C18H18N4O3/c1-12(13-3-5-14(6-4-13)22-11-19-10-20-22)21-18(24)16-8-7-15(25-2)9-17(16)23/h3-12,23H,1-2H3,(H,21,24). The number of phenolic OH excluding ortho intramolecular Hbond substituents is 1. The second kappa shape index (κ2) is 7.04. The quantitative estimate of drug-likeness (QED) is 0.746. The molecular weight excluding hydrogens is 320 g/mol. The molecule has 1 atom stereocenters. The predicted octanol–water partition coefficient (Wildman–Crippen LogP) is 2.47. The van der Waals surface area contributed by atoms with Crippen LogP contribution in [0.4, 0.5) is 0 Å². The fourth-order valence-electron chi connectivity index (χ4n) is 2.45. The number of ether oxygens (including phenoxy) is 1. The van der Waals surface area contributed by atoms with Crippen LogP contribution in [0.5, 0.6) is 11.5 Å². The first-order valence-corrected chi connectivity index (χ1v) is 7.71. The third-order valence-electron chi connectivity index (χ3n) is 3.87. The van der Waals surface area contributed by atoms with E-state index in [0.29, 0.717) is 5.75 Å². The molecule has 7 nitrogen and oxygen atoms in total. The molecule has 0 aliphatic heterocycles. The van der Waals surface area contributed by atoms with E-state index in [-0.39, 0.29) is 23.3 Å². The molecule has 0 fully saturated rings. The van der Waals surface area contributed by atoms with E-state index in [1.807, 2.05) is 31.2 Å². The molecule has 0 aliphatic carbocycles. The van der Waals surface area contributed by atoms with Crippen molar-refractivity contribution in [1.29, 1.82) is 0 Å². The fraction of sp³-hybridized carbons (Fsp3) is 0.167. The summed E-state index contributed by atoms with van der Waals surface area (Å²) in [5.74, 6) is 0.0179. The minimum atomic E-state index is -0.354. The van der Waals surface area contributed by atoms with Gasteiger partial charge in [0.25, 0.3) is 5.91 Å². The van der Waals surface area contributed by atoms with Crippen LogP contribution in [-0.4, -0.2) is 32.9 Å². The van der Waals surface area contributed by atoms with E-state index in [0.717, 1.165) is 11.3 Å². The van der Waals surface area contributed by atoms with Crippen LogP contribution < -0.4 is 10.1 Å². The van der Waals surface area contributed by atoms with E-state index in [9.17, 15) is 9.90 Å². The zero-order valence-electron chi connectivity index (χ0n) is 13.9. The van der Waals surface area contributed by atoms with Crippen molar-refractivity contribution in [2.45, 2.75) is 13.0 Å². The van der Waals surface area contributed by atoms with Gasteiger partial charge in [-0.05, 0) is 36.8 Å². The number of benzene rings is 2. The minimum absolute atomic E-state index is 0.120. The summed E-state index contributed by atoms with van der Waals surface area (Å²) in [5.41, 5.74) is 2.02. The molecule has 0 aliphatic rings. The van der Waals surface area contributed by atoms with Gasteiger partial charge in [-0.15, -0.1) is 0 Å². The second-order valence-corrected chi connectivity index (χ2v) is 5.51. The lowest BCUT2D eigenvalue weighted by atomic mass is 10.1. The van der Waals surface area contributed by atoms with Crippen molar-refractivity contribution in [2.75, 3.05) is 7.11 Å². The minimum Gasteiger partial charge on any atom is -0.507 e. The van der Waals surface area contributed by atoms with Crippen LogP contribution in [0.2, 0.25) is 0 Å². The van der Waals surface area contributed by atoms with Crippen molar-refractivity contribution >= 4 is 5.91 Å². The summed E-state index contributed by atoms with van der Waals surface area (Å²) in [6.45, 7) is 1.88. The molecule has 1 amide bonds. The lowest BCUT2D eigenvalue weighted by Gasteiger charge is -2.15. The highest BCUT2D eigenvalue weighted by molar-refractivity contribution is 5.97. The van der Waals surface area contributed by atoms with Gasteiger partial charge in [0.15, 0.2) is 0 Å². The van der Waals surface area contributed by atoms with Crippen molar-refractivity contribution in [3.8, 4) is 17.2 Å². The van der Waals surface area contributed by atoms with Crippen molar-refractivity contribution in [1.82, 2.24) is 20.1 Å². The number of aromatic nitrogens is 3. The highest BCUT2D eigenvalue weighted by Gasteiger charge is 2.15. The lowest BCUT2D eigenvalue weighted by molar-refractivity contribution is 0.0937. The predicted molar refractivity (Wildman–Crippen MR) is 91.9 cm³/mol. The van der Waals surface area contributed by atoms with Gasteiger partial charge >= 0.3 is 0 Å². The number of hydrogen-bond donors (Lipinski definition) is 2. The Kier molecular flexibility index (Phi) is 4.65. The van der Waals surface area contributed by atoms with E-state index in [1.165, 1.54) is 25.6 Å². The topological polar surface area (TPSA) is 89.3 Å². The van der Waals surface area contributed by atoms with Gasteiger partial charge in [0.1, 0.15) is 24.2 Å². The molecule has 128 valence electrons. The van der Waals surface area contributed by atoms with Crippen LogP contribution in [0, 0.1) is 0 Å². The maximum absolute atomic E-state index is 12.4. The zero-order valence-corrected chi connectivity index (χ0v) is 13.9. The summed E-state index contributed by atoms with van der Waals surface area (Å²) in [5, 5.41) is 16.9. The third kappa shape index (κ3) is 3.60. The van der Waals surface area contributed by atoms with E-state index in [4.69, 9.17) is 4.74 Å². The van der Waals surface area contributed by atoms with Crippen molar-refractivity contribution < 1.29 is 14.6 Å². The Balaban J connectivity index is 1.71. The first-order chi connectivity index (χ1) is 12.1. The molecule has 0 spiro atoms. The average Bonchev–Trinajstić information content (AvgIpc) is 3.16. The van der Waals surface area contributed by atoms with Crippen molar-refractivity contribution in [2.24, 2.45) is 0 Å².